The molecule has 0 spiro atoms. The van der Waals surface area contributed by atoms with Gasteiger partial charge in [-0.1, -0.05) is 0 Å². The molecule has 0 aromatic carbocycles. The van der Waals surface area contributed by atoms with Gasteiger partial charge in [-0.05, 0) is 6.07 Å². The van der Waals surface area contributed by atoms with Gasteiger partial charge in [0.2, 0.25) is 0 Å². The highest BCUT2D eigenvalue weighted by atomic mass is 19.3. The number of carbonyl (C=O) groups is 1. The number of aromatic amines is 1. The third kappa shape index (κ3) is 2.25. The summed E-state index contributed by atoms with van der Waals surface area (Å²) in [5.74, 6) is -0.943. The standard InChI is InChI=1S/C9H10F2N2O3/c1-16-9(15)5-2-4(3-12)8(14)13-6(5)7(10)11/h2,7H,3,12H2,1H3,(H,13,14). The molecule has 16 heavy (non-hydrogen) atoms. The van der Waals surface area contributed by atoms with E-state index in [0.717, 1.165) is 13.2 Å². The quantitative estimate of drug-likeness (QED) is 0.745. The number of H-pyrrole nitrogens is 1. The number of methoxy groups -OCH3 is 1. The summed E-state index contributed by atoms with van der Waals surface area (Å²) in [5, 5.41) is 0. The lowest BCUT2D eigenvalue weighted by Gasteiger charge is -2.08. The third-order valence-corrected chi connectivity index (χ3v) is 1.99. The van der Waals surface area contributed by atoms with Gasteiger partial charge in [-0.15, -0.1) is 0 Å². The first kappa shape index (κ1) is 12.3. The van der Waals surface area contributed by atoms with Crippen LogP contribution in [0.15, 0.2) is 10.9 Å². The number of alkyl halides is 2. The van der Waals surface area contributed by atoms with Crippen LogP contribution in [0.2, 0.25) is 0 Å². The number of hydrogen-bond donors (Lipinski definition) is 2. The maximum atomic E-state index is 12.5. The Balaban J connectivity index is 3.42. The minimum absolute atomic E-state index is 0.0461. The Morgan fingerprint density at radius 1 is 1.62 bits per heavy atom. The van der Waals surface area contributed by atoms with Gasteiger partial charge in [-0.3, -0.25) is 4.79 Å². The number of rotatable bonds is 3. The first-order chi connectivity index (χ1) is 7.51. The summed E-state index contributed by atoms with van der Waals surface area (Å²) in [6.45, 7) is -0.150. The molecule has 0 atom stereocenters. The lowest BCUT2D eigenvalue weighted by Crippen LogP contribution is -2.21. The van der Waals surface area contributed by atoms with Gasteiger partial charge in [0.05, 0.1) is 18.4 Å². The Kier molecular flexibility index (Phi) is 3.73. The molecule has 0 unspecified atom stereocenters. The van der Waals surface area contributed by atoms with Crippen molar-refractivity contribution >= 4 is 5.97 Å². The summed E-state index contributed by atoms with van der Waals surface area (Å²) in [7, 11) is 1.06. The Hall–Kier alpha value is -1.76. The van der Waals surface area contributed by atoms with E-state index in [-0.39, 0.29) is 17.7 Å². The fourth-order valence-corrected chi connectivity index (χ4v) is 1.19. The van der Waals surface area contributed by atoms with Crippen molar-refractivity contribution in [2.45, 2.75) is 13.0 Å². The van der Waals surface area contributed by atoms with Crippen molar-refractivity contribution in [3.63, 3.8) is 0 Å². The van der Waals surface area contributed by atoms with Gasteiger partial charge in [-0.2, -0.15) is 0 Å². The number of nitrogens with one attached hydrogen (secondary N) is 1. The highest BCUT2D eigenvalue weighted by Gasteiger charge is 2.21. The van der Waals surface area contributed by atoms with Crippen LogP contribution in [0.5, 0.6) is 0 Å². The summed E-state index contributed by atoms with van der Waals surface area (Å²) in [6.07, 6.45) is -2.96. The molecule has 0 saturated heterocycles. The number of halogens is 2. The minimum Gasteiger partial charge on any atom is -0.465 e. The molecular weight excluding hydrogens is 222 g/mol. The molecule has 1 heterocycles. The number of esters is 1. The van der Waals surface area contributed by atoms with Crippen molar-refractivity contribution < 1.29 is 18.3 Å². The van der Waals surface area contributed by atoms with E-state index in [1.807, 2.05) is 4.98 Å². The molecule has 0 aliphatic heterocycles. The molecule has 0 bridgehead atoms. The maximum Gasteiger partial charge on any atom is 0.339 e. The molecule has 3 N–H and O–H groups in total. The van der Waals surface area contributed by atoms with Crippen LogP contribution in [0.3, 0.4) is 0 Å². The van der Waals surface area contributed by atoms with Gasteiger partial charge in [0.1, 0.15) is 0 Å². The average Bonchev–Trinajstić information content (AvgIpc) is 2.27. The van der Waals surface area contributed by atoms with Crippen molar-refractivity contribution in [3.8, 4) is 0 Å². The largest absolute Gasteiger partial charge is 0.465 e. The number of nitrogens with two attached hydrogens (primary N) is 1. The highest BCUT2D eigenvalue weighted by Crippen LogP contribution is 2.20. The van der Waals surface area contributed by atoms with Crippen LogP contribution < -0.4 is 11.3 Å². The Morgan fingerprint density at radius 2 is 2.25 bits per heavy atom. The normalized spacial score (nSPS) is 10.6. The zero-order valence-corrected chi connectivity index (χ0v) is 8.42. The second-order valence-electron chi connectivity index (χ2n) is 2.95. The molecule has 7 heteroatoms. The fraction of sp³-hybridized carbons (Fsp3) is 0.333. The van der Waals surface area contributed by atoms with E-state index in [9.17, 15) is 18.4 Å². The van der Waals surface area contributed by atoms with Crippen molar-refractivity contribution in [2.75, 3.05) is 7.11 Å². The van der Waals surface area contributed by atoms with Gasteiger partial charge in [0, 0.05) is 12.1 Å². The van der Waals surface area contributed by atoms with Gasteiger partial charge in [0.25, 0.3) is 12.0 Å². The summed E-state index contributed by atoms with van der Waals surface area (Å²) >= 11 is 0. The molecule has 0 saturated carbocycles. The van der Waals surface area contributed by atoms with Gasteiger partial charge >= 0.3 is 5.97 Å². The van der Waals surface area contributed by atoms with Crippen molar-refractivity contribution in [1.82, 2.24) is 4.98 Å². The van der Waals surface area contributed by atoms with Crippen LogP contribution >= 0.6 is 0 Å². The number of hydrogen-bond acceptors (Lipinski definition) is 4. The molecule has 0 fully saturated rings. The van der Waals surface area contributed by atoms with E-state index in [1.165, 1.54) is 0 Å². The predicted octanol–water partition coefficient (Wildman–Crippen LogP) is 0.558. The molecule has 0 aliphatic carbocycles. The lowest BCUT2D eigenvalue weighted by molar-refractivity contribution is 0.0587. The zero-order chi connectivity index (χ0) is 12.3. The van der Waals surface area contributed by atoms with Crippen molar-refractivity contribution in [1.29, 1.82) is 0 Å². The summed E-state index contributed by atoms with van der Waals surface area (Å²) in [6, 6.07) is 1.02. The summed E-state index contributed by atoms with van der Waals surface area (Å²) in [4.78, 5) is 24.3. The molecule has 5 nitrogen and oxygen atoms in total. The summed E-state index contributed by atoms with van der Waals surface area (Å²) in [5.41, 5.74) is 3.41. The number of pyridine rings is 1. The molecule has 88 valence electrons. The maximum absolute atomic E-state index is 12.5. The second kappa shape index (κ2) is 4.84. The number of aromatic nitrogens is 1. The van der Waals surface area contributed by atoms with Crippen LogP contribution in [0, 0.1) is 0 Å². The van der Waals surface area contributed by atoms with E-state index in [1.54, 1.807) is 0 Å². The van der Waals surface area contributed by atoms with Crippen LogP contribution in [-0.4, -0.2) is 18.1 Å². The van der Waals surface area contributed by atoms with Crippen molar-refractivity contribution in [2.24, 2.45) is 5.73 Å². The van der Waals surface area contributed by atoms with E-state index < -0.39 is 23.6 Å². The van der Waals surface area contributed by atoms with Crippen LogP contribution in [0.1, 0.15) is 28.0 Å². The second-order valence-corrected chi connectivity index (χ2v) is 2.95. The Morgan fingerprint density at radius 3 is 2.69 bits per heavy atom. The van der Waals surface area contributed by atoms with Gasteiger partial charge in [-0.25, -0.2) is 13.6 Å². The minimum atomic E-state index is -2.96. The highest BCUT2D eigenvalue weighted by molar-refractivity contribution is 5.90. The summed E-state index contributed by atoms with van der Waals surface area (Å²) < 4.78 is 29.4. The Labute approximate surface area is 89.2 Å². The molecule has 0 amide bonds. The number of carbonyl (C=O) groups excluding carboxylic acids is 1. The predicted molar refractivity (Wildman–Crippen MR) is 51.3 cm³/mol. The van der Waals surface area contributed by atoms with E-state index >= 15 is 0 Å². The monoisotopic (exact) mass is 232 g/mol. The molecule has 1 rings (SSSR count). The van der Waals surface area contributed by atoms with E-state index in [2.05, 4.69) is 4.74 Å². The zero-order valence-electron chi connectivity index (χ0n) is 8.42. The van der Waals surface area contributed by atoms with Crippen LogP contribution in [-0.2, 0) is 11.3 Å². The molecule has 1 aromatic rings. The van der Waals surface area contributed by atoms with Crippen molar-refractivity contribution in [3.05, 3.63) is 33.2 Å². The van der Waals surface area contributed by atoms with Gasteiger partial charge < -0.3 is 15.5 Å². The lowest BCUT2D eigenvalue weighted by atomic mass is 10.1. The first-order valence-electron chi connectivity index (χ1n) is 4.33. The SMILES string of the molecule is COC(=O)c1cc(CN)c(=O)[nH]c1C(F)F. The molecule has 0 radical (unpaired) electrons. The topological polar surface area (TPSA) is 85.2 Å². The fourth-order valence-electron chi connectivity index (χ4n) is 1.19. The number of ether oxygens (including phenoxy) is 1. The van der Waals surface area contributed by atoms with Crippen LogP contribution in [0.25, 0.3) is 0 Å². The average molecular weight is 232 g/mol. The van der Waals surface area contributed by atoms with E-state index in [0.29, 0.717) is 0 Å². The first-order valence-corrected chi connectivity index (χ1v) is 4.33. The molecule has 0 aliphatic rings. The third-order valence-electron chi connectivity index (χ3n) is 1.99. The van der Waals surface area contributed by atoms with Gasteiger partial charge in [0.15, 0.2) is 0 Å². The smallest absolute Gasteiger partial charge is 0.339 e. The molecule has 1 aromatic heterocycles. The molecular formula is C9H10F2N2O3. The Bertz CT molecular complexity index is 457. The van der Waals surface area contributed by atoms with Crippen LogP contribution in [0.4, 0.5) is 8.78 Å². The van der Waals surface area contributed by atoms with E-state index in [4.69, 9.17) is 5.73 Å².